The van der Waals surface area contributed by atoms with Gasteiger partial charge in [-0.2, -0.15) is 15.0 Å². The first kappa shape index (κ1) is 16.7. The molecule has 1 heterocycles. The number of aromatic nitrogens is 3. The van der Waals surface area contributed by atoms with E-state index in [1.165, 1.54) is 0 Å². The number of benzene rings is 2. The Morgan fingerprint density at radius 2 is 1.67 bits per heavy atom. The Labute approximate surface area is 155 Å². The lowest BCUT2D eigenvalue weighted by Crippen LogP contribution is -2.05. The zero-order chi connectivity index (χ0) is 17.1. The predicted octanol–water partition coefficient (Wildman–Crippen LogP) is 4.82. The van der Waals surface area contributed by atoms with Crippen molar-refractivity contribution in [1.29, 1.82) is 0 Å². The SMILES string of the molecule is Cc1cc(Br)c(Oc2nc(N)nc(Nc3ccccc3)n2)c(Br)c1. The van der Waals surface area contributed by atoms with Crippen LogP contribution in [0.25, 0.3) is 0 Å². The maximum Gasteiger partial charge on any atom is 0.328 e. The second kappa shape index (κ2) is 7.14. The van der Waals surface area contributed by atoms with Gasteiger partial charge >= 0.3 is 6.01 Å². The Morgan fingerprint density at radius 3 is 2.33 bits per heavy atom. The third-order valence-electron chi connectivity index (χ3n) is 3.00. The van der Waals surface area contributed by atoms with Gasteiger partial charge in [-0.15, -0.1) is 0 Å². The molecule has 0 saturated heterocycles. The number of halogens is 2. The van der Waals surface area contributed by atoms with Gasteiger partial charge in [-0.1, -0.05) is 18.2 Å². The van der Waals surface area contributed by atoms with Crippen LogP contribution >= 0.6 is 31.9 Å². The molecule has 6 nitrogen and oxygen atoms in total. The van der Waals surface area contributed by atoms with Crippen LogP contribution in [0.15, 0.2) is 51.4 Å². The molecule has 0 radical (unpaired) electrons. The number of anilines is 3. The van der Waals surface area contributed by atoms with Gasteiger partial charge in [-0.3, -0.25) is 0 Å². The fourth-order valence-electron chi connectivity index (χ4n) is 2.00. The molecular weight excluding hydrogens is 438 g/mol. The van der Waals surface area contributed by atoms with E-state index in [0.717, 1.165) is 20.2 Å². The molecule has 0 saturated carbocycles. The van der Waals surface area contributed by atoms with Gasteiger partial charge in [0.1, 0.15) is 0 Å². The van der Waals surface area contributed by atoms with Crippen molar-refractivity contribution in [1.82, 2.24) is 15.0 Å². The standard InChI is InChI=1S/C16H13Br2N5O/c1-9-7-11(17)13(12(18)8-9)24-16-22-14(19)21-15(23-16)20-10-5-3-2-4-6-10/h2-8H,1H3,(H3,19,20,21,22,23). The quantitative estimate of drug-likeness (QED) is 0.592. The number of nitrogens with zero attached hydrogens (tertiary/aromatic N) is 3. The summed E-state index contributed by atoms with van der Waals surface area (Å²) in [4.78, 5) is 12.3. The molecule has 0 aliphatic rings. The fraction of sp³-hybridized carbons (Fsp3) is 0.0625. The van der Waals surface area contributed by atoms with Crippen molar-refractivity contribution < 1.29 is 4.74 Å². The number of nitrogen functional groups attached to an aromatic ring is 1. The lowest BCUT2D eigenvalue weighted by atomic mass is 10.2. The van der Waals surface area contributed by atoms with Crippen LogP contribution in [0.3, 0.4) is 0 Å². The van der Waals surface area contributed by atoms with Crippen LogP contribution in [0.5, 0.6) is 11.8 Å². The molecule has 24 heavy (non-hydrogen) atoms. The highest BCUT2D eigenvalue weighted by atomic mass is 79.9. The van der Waals surface area contributed by atoms with Crippen LogP contribution in [-0.2, 0) is 0 Å². The molecule has 3 aromatic rings. The normalized spacial score (nSPS) is 10.5. The highest BCUT2D eigenvalue weighted by molar-refractivity contribution is 9.11. The second-order valence-corrected chi connectivity index (χ2v) is 6.66. The molecule has 1 aromatic heterocycles. The first-order valence-electron chi connectivity index (χ1n) is 6.98. The van der Waals surface area contributed by atoms with E-state index in [1.54, 1.807) is 0 Å². The van der Waals surface area contributed by atoms with Crippen molar-refractivity contribution >= 4 is 49.4 Å². The molecule has 0 aliphatic heterocycles. The molecule has 8 heteroatoms. The summed E-state index contributed by atoms with van der Waals surface area (Å²) in [6.45, 7) is 1.99. The minimum Gasteiger partial charge on any atom is -0.422 e. The van der Waals surface area contributed by atoms with Crippen LogP contribution in [0, 0.1) is 6.92 Å². The molecule has 0 fully saturated rings. The molecule has 3 rings (SSSR count). The van der Waals surface area contributed by atoms with Crippen LogP contribution < -0.4 is 15.8 Å². The fourth-order valence-corrected chi connectivity index (χ4v) is 3.58. The second-order valence-electron chi connectivity index (χ2n) is 4.95. The summed E-state index contributed by atoms with van der Waals surface area (Å²) in [5.41, 5.74) is 7.69. The maximum absolute atomic E-state index is 5.78. The summed E-state index contributed by atoms with van der Waals surface area (Å²) >= 11 is 6.95. The van der Waals surface area contributed by atoms with Gasteiger partial charge in [-0.25, -0.2) is 0 Å². The number of nitrogens with one attached hydrogen (secondary N) is 1. The molecular formula is C16H13Br2N5O. The molecule has 0 aliphatic carbocycles. The van der Waals surface area contributed by atoms with Crippen LogP contribution in [0.2, 0.25) is 0 Å². The minimum atomic E-state index is 0.0674. The molecule has 0 spiro atoms. The van der Waals surface area contributed by atoms with E-state index in [4.69, 9.17) is 10.5 Å². The lowest BCUT2D eigenvalue weighted by molar-refractivity contribution is 0.436. The van der Waals surface area contributed by atoms with Crippen molar-refractivity contribution in [2.45, 2.75) is 6.92 Å². The topological polar surface area (TPSA) is 86.0 Å². The molecule has 0 unspecified atom stereocenters. The molecule has 122 valence electrons. The number of hydrogen-bond donors (Lipinski definition) is 2. The predicted molar refractivity (Wildman–Crippen MR) is 101 cm³/mol. The van der Waals surface area contributed by atoms with E-state index in [0.29, 0.717) is 11.7 Å². The van der Waals surface area contributed by atoms with E-state index in [9.17, 15) is 0 Å². The monoisotopic (exact) mass is 449 g/mol. The third kappa shape index (κ3) is 4.01. The average Bonchev–Trinajstić information content (AvgIpc) is 2.51. The highest BCUT2D eigenvalue weighted by Crippen LogP contribution is 2.37. The third-order valence-corrected chi connectivity index (χ3v) is 4.18. The van der Waals surface area contributed by atoms with Gasteiger partial charge in [-0.05, 0) is 68.6 Å². The van der Waals surface area contributed by atoms with Gasteiger partial charge in [0, 0.05) is 5.69 Å². The highest BCUT2D eigenvalue weighted by Gasteiger charge is 2.13. The van der Waals surface area contributed by atoms with Crippen molar-refractivity contribution in [2.75, 3.05) is 11.1 Å². The number of rotatable bonds is 4. The van der Waals surface area contributed by atoms with Crippen molar-refractivity contribution in [3.8, 4) is 11.8 Å². The lowest BCUT2D eigenvalue weighted by Gasteiger charge is -2.11. The van der Waals surface area contributed by atoms with Crippen molar-refractivity contribution in [3.63, 3.8) is 0 Å². The van der Waals surface area contributed by atoms with Gasteiger partial charge in [0.05, 0.1) is 8.95 Å². The summed E-state index contributed by atoms with van der Waals surface area (Å²) in [7, 11) is 0. The van der Waals surface area contributed by atoms with Gasteiger partial charge in [0.25, 0.3) is 0 Å². The summed E-state index contributed by atoms with van der Waals surface area (Å²) in [6.07, 6.45) is 0. The first-order chi connectivity index (χ1) is 11.5. The van der Waals surface area contributed by atoms with Crippen molar-refractivity contribution in [2.24, 2.45) is 0 Å². The summed E-state index contributed by atoms with van der Waals surface area (Å²) in [5.74, 6) is 0.942. The number of aryl methyl sites for hydroxylation is 1. The zero-order valence-corrected chi connectivity index (χ0v) is 15.8. The number of nitrogens with two attached hydrogens (primary N) is 1. The van der Waals surface area contributed by atoms with Crippen LogP contribution in [0.4, 0.5) is 17.6 Å². The minimum absolute atomic E-state index is 0.0674. The Hall–Kier alpha value is -2.19. The maximum atomic E-state index is 5.78. The Kier molecular flexibility index (Phi) is 4.96. The zero-order valence-electron chi connectivity index (χ0n) is 12.6. The van der Waals surface area contributed by atoms with Crippen molar-refractivity contribution in [3.05, 3.63) is 57.0 Å². The smallest absolute Gasteiger partial charge is 0.328 e. The van der Waals surface area contributed by atoms with Gasteiger partial charge < -0.3 is 15.8 Å². The average molecular weight is 451 g/mol. The number of ether oxygens (including phenoxy) is 1. The van der Waals surface area contributed by atoms with Gasteiger partial charge in [0.2, 0.25) is 11.9 Å². The summed E-state index contributed by atoms with van der Waals surface area (Å²) < 4.78 is 7.34. The first-order valence-corrected chi connectivity index (χ1v) is 8.57. The van der Waals surface area contributed by atoms with E-state index < -0.39 is 0 Å². The largest absolute Gasteiger partial charge is 0.422 e. The Balaban J connectivity index is 1.89. The van der Waals surface area contributed by atoms with E-state index in [1.807, 2.05) is 49.4 Å². The van der Waals surface area contributed by atoms with E-state index in [2.05, 4.69) is 52.1 Å². The molecule has 0 atom stereocenters. The van der Waals surface area contributed by atoms with Crippen LogP contribution in [0.1, 0.15) is 5.56 Å². The molecule has 2 aromatic carbocycles. The number of para-hydroxylation sites is 1. The molecule has 3 N–H and O–H groups in total. The van der Waals surface area contributed by atoms with E-state index >= 15 is 0 Å². The summed E-state index contributed by atoms with van der Waals surface area (Å²) in [5, 5.41) is 3.06. The van der Waals surface area contributed by atoms with E-state index in [-0.39, 0.29) is 12.0 Å². The summed E-state index contributed by atoms with van der Waals surface area (Å²) in [6, 6.07) is 13.5. The Morgan fingerprint density at radius 1 is 1.00 bits per heavy atom. The van der Waals surface area contributed by atoms with Gasteiger partial charge in [0.15, 0.2) is 5.75 Å². The Bertz CT molecular complexity index is 851. The number of hydrogen-bond acceptors (Lipinski definition) is 6. The molecule has 0 amide bonds. The molecule has 0 bridgehead atoms. The van der Waals surface area contributed by atoms with Crippen LogP contribution in [-0.4, -0.2) is 15.0 Å².